The number of fused-ring (bicyclic) bond motifs is 1. The number of carboxylic acid groups (broad SMARTS) is 1. The average Bonchev–Trinajstić information content (AvgIpc) is 3.00. The van der Waals surface area contributed by atoms with E-state index in [9.17, 15) is 18.0 Å². The number of aliphatic carboxylic acids is 1. The third-order valence-electron chi connectivity index (χ3n) is 5.16. The number of hydrogen-bond donors (Lipinski definition) is 1. The van der Waals surface area contributed by atoms with Gasteiger partial charge in [0.25, 0.3) is 0 Å². The zero-order valence-corrected chi connectivity index (χ0v) is 15.8. The summed E-state index contributed by atoms with van der Waals surface area (Å²) in [6.45, 7) is 3.00. The molecule has 0 aliphatic heterocycles. The van der Waals surface area contributed by atoms with E-state index in [1.54, 1.807) is 0 Å². The van der Waals surface area contributed by atoms with Gasteiger partial charge >= 0.3 is 6.18 Å². The number of aromatic nitrogens is 1. The minimum atomic E-state index is -5.19. The third-order valence-corrected chi connectivity index (χ3v) is 5.16. The Morgan fingerprint density at radius 3 is 2.29 bits per heavy atom. The molecule has 0 bridgehead atoms. The standard InChI is InChI=1S/C18H24N2O.C2HF3O2/c1-18(10-5-2-6-11-18)17(21)20-13-14(9-12-19)15-7-3-4-8-16(15)20;3-2(4,5)1(6)7/h3-4,7-8,13H,2,5-6,9-12,19H2,1H3;(H,6,7). The smallest absolute Gasteiger partial charge is 0.430 e. The van der Waals surface area contributed by atoms with Crippen molar-refractivity contribution in [3.05, 3.63) is 36.0 Å². The van der Waals surface area contributed by atoms with E-state index >= 15 is 0 Å². The number of rotatable bonds is 3. The number of carboxylic acids is 1. The fourth-order valence-corrected chi connectivity index (χ4v) is 3.64. The maximum absolute atomic E-state index is 13.1. The van der Waals surface area contributed by atoms with E-state index < -0.39 is 12.1 Å². The summed E-state index contributed by atoms with van der Waals surface area (Å²) in [7, 11) is 0. The Balaban J connectivity index is 0.000000345. The summed E-state index contributed by atoms with van der Waals surface area (Å²) < 4.78 is 33.5. The van der Waals surface area contributed by atoms with Crippen LogP contribution in [0.25, 0.3) is 10.9 Å². The molecule has 3 rings (SSSR count). The molecule has 0 saturated heterocycles. The fraction of sp³-hybridized carbons (Fsp3) is 0.500. The molecule has 1 aliphatic carbocycles. The summed E-state index contributed by atoms with van der Waals surface area (Å²) in [6.07, 6.45) is 3.43. The molecule has 28 heavy (non-hydrogen) atoms. The number of hydrogen-bond acceptors (Lipinski definition) is 3. The van der Waals surface area contributed by atoms with Crippen molar-refractivity contribution in [1.29, 1.82) is 0 Å². The molecule has 0 radical (unpaired) electrons. The Morgan fingerprint density at radius 1 is 1.18 bits per heavy atom. The highest BCUT2D eigenvalue weighted by atomic mass is 19.4. The summed E-state index contributed by atoms with van der Waals surface area (Å²) >= 11 is 0. The van der Waals surface area contributed by atoms with Crippen LogP contribution in [0.2, 0.25) is 0 Å². The van der Waals surface area contributed by atoms with Gasteiger partial charge in [0.1, 0.15) is 5.97 Å². The predicted molar refractivity (Wildman–Crippen MR) is 96.3 cm³/mol. The fourth-order valence-electron chi connectivity index (χ4n) is 3.64. The second kappa shape index (κ2) is 8.77. The van der Waals surface area contributed by atoms with Gasteiger partial charge in [-0.3, -0.25) is 9.36 Å². The lowest BCUT2D eigenvalue weighted by Gasteiger charge is -2.32. The van der Waals surface area contributed by atoms with Gasteiger partial charge in [0.2, 0.25) is 5.91 Å². The second-order valence-corrected chi connectivity index (χ2v) is 7.36. The zero-order chi connectivity index (χ0) is 20.9. The van der Waals surface area contributed by atoms with Gasteiger partial charge in [-0.2, -0.15) is 13.2 Å². The number of benzene rings is 1. The normalized spacial score (nSPS) is 16.3. The first-order valence-electron chi connectivity index (χ1n) is 9.31. The van der Waals surface area contributed by atoms with Crippen molar-refractivity contribution in [1.82, 2.24) is 4.57 Å². The molecular weight excluding hydrogens is 373 g/mol. The van der Waals surface area contributed by atoms with E-state index in [0.717, 1.165) is 31.3 Å². The van der Waals surface area contributed by atoms with E-state index in [1.807, 2.05) is 16.7 Å². The van der Waals surface area contributed by atoms with Crippen LogP contribution in [0.4, 0.5) is 13.2 Å². The van der Waals surface area contributed by atoms with Crippen molar-refractivity contribution in [2.75, 3.05) is 6.54 Å². The number of carbonyl (C=O) groups is 2. The number of alkyl halides is 3. The summed E-state index contributed by atoms with van der Waals surface area (Å²) in [6, 6.07) is 8.24. The van der Waals surface area contributed by atoms with Crippen molar-refractivity contribution in [3.8, 4) is 0 Å². The van der Waals surface area contributed by atoms with Crippen LogP contribution in [0, 0.1) is 5.41 Å². The van der Waals surface area contributed by atoms with Crippen LogP contribution in [0.15, 0.2) is 30.5 Å². The molecule has 5 nitrogen and oxygen atoms in total. The van der Waals surface area contributed by atoms with Crippen LogP contribution in [0.3, 0.4) is 0 Å². The quantitative estimate of drug-likeness (QED) is 0.861. The summed E-state index contributed by atoms with van der Waals surface area (Å²) in [5.74, 6) is -2.73. The summed E-state index contributed by atoms with van der Waals surface area (Å²) in [5, 5.41) is 9.99. The first kappa shape index (κ1) is 21.9. The molecule has 1 saturated carbocycles. The first-order chi connectivity index (χ1) is 13.1. The van der Waals surface area contributed by atoms with E-state index in [1.165, 1.54) is 30.2 Å². The molecule has 3 N–H and O–H groups in total. The van der Waals surface area contributed by atoms with Gasteiger partial charge in [-0.25, -0.2) is 0 Å². The molecule has 0 amide bonds. The molecule has 154 valence electrons. The Morgan fingerprint density at radius 2 is 1.75 bits per heavy atom. The van der Waals surface area contributed by atoms with Crippen LogP contribution in [0.5, 0.6) is 0 Å². The lowest BCUT2D eigenvalue weighted by atomic mass is 9.75. The third kappa shape index (κ3) is 4.92. The van der Waals surface area contributed by atoms with Gasteiger partial charge in [0, 0.05) is 23.4 Å². The first-order valence-corrected chi connectivity index (χ1v) is 9.31. The molecule has 8 heteroatoms. The van der Waals surface area contributed by atoms with Gasteiger partial charge in [-0.1, -0.05) is 44.4 Å². The Hall–Kier alpha value is -2.35. The molecule has 1 aromatic heterocycles. The summed E-state index contributed by atoms with van der Waals surface area (Å²) in [4.78, 5) is 21.9. The lowest BCUT2D eigenvalue weighted by molar-refractivity contribution is -0.366. The Kier molecular flexibility index (Phi) is 6.87. The van der Waals surface area contributed by atoms with E-state index in [2.05, 4.69) is 31.0 Å². The molecule has 1 heterocycles. The highest BCUT2D eigenvalue weighted by Gasteiger charge is 2.36. The predicted octanol–water partition coefficient (Wildman–Crippen LogP) is 2.33. The van der Waals surface area contributed by atoms with Crippen LogP contribution >= 0.6 is 0 Å². The van der Waals surface area contributed by atoms with Gasteiger partial charge in [0.05, 0.1) is 12.1 Å². The highest BCUT2D eigenvalue weighted by molar-refractivity contribution is 5.96. The number of halogens is 3. The van der Waals surface area contributed by atoms with Crippen LogP contribution in [0.1, 0.15) is 49.4 Å². The largest absolute Gasteiger partial charge is 0.542 e. The van der Waals surface area contributed by atoms with Gasteiger partial charge < -0.3 is 15.6 Å². The Labute approximate surface area is 161 Å². The van der Waals surface area contributed by atoms with Gasteiger partial charge in [-0.05, 0) is 24.5 Å². The topological polar surface area (TPSA) is 89.8 Å². The molecule has 1 aliphatic rings. The molecular formula is C20H25F3N2O3. The number of carbonyl (C=O) groups excluding carboxylic acids is 2. The van der Waals surface area contributed by atoms with Gasteiger partial charge in [0.15, 0.2) is 0 Å². The van der Waals surface area contributed by atoms with Crippen LogP contribution in [-0.4, -0.2) is 29.2 Å². The maximum atomic E-state index is 13.1. The van der Waals surface area contributed by atoms with Crippen molar-refractivity contribution < 1.29 is 33.6 Å². The molecule has 0 unspecified atom stereocenters. The second-order valence-electron chi connectivity index (χ2n) is 7.36. The maximum Gasteiger partial charge on any atom is 0.430 e. The van der Waals surface area contributed by atoms with Crippen molar-refractivity contribution >= 4 is 22.8 Å². The van der Waals surface area contributed by atoms with Crippen molar-refractivity contribution in [2.45, 2.75) is 51.6 Å². The van der Waals surface area contributed by atoms with Gasteiger partial charge in [-0.15, -0.1) is 0 Å². The van der Waals surface area contributed by atoms with E-state index in [-0.39, 0.29) is 11.3 Å². The minimum Gasteiger partial charge on any atom is -0.542 e. The summed E-state index contributed by atoms with van der Waals surface area (Å²) in [5.41, 5.74) is 6.06. The average molecular weight is 398 g/mol. The molecule has 1 fully saturated rings. The molecule has 1 aromatic carbocycles. The SMILES string of the molecule is CC1(C(=O)n2cc(CC[NH3+])c3ccccc32)CCCCC1.O=C([O-])C(F)(F)F. The molecule has 0 spiro atoms. The van der Waals surface area contributed by atoms with E-state index in [0.29, 0.717) is 0 Å². The molecule has 2 aromatic rings. The lowest BCUT2D eigenvalue weighted by Crippen LogP contribution is -2.51. The highest BCUT2D eigenvalue weighted by Crippen LogP contribution is 2.38. The van der Waals surface area contributed by atoms with Crippen LogP contribution < -0.4 is 10.8 Å². The van der Waals surface area contributed by atoms with Crippen molar-refractivity contribution in [3.63, 3.8) is 0 Å². The Bertz CT molecular complexity index is 837. The minimum absolute atomic E-state index is 0.193. The molecule has 0 atom stereocenters. The number of quaternary nitrogens is 1. The number of para-hydroxylation sites is 1. The monoisotopic (exact) mass is 398 g/mol. The zero-order valence-electron chi connectivity index (χ0n) is 15.8. The van der Waals surface area contributed by atoms with Crippen molar-refractivity contribution in [2.24, 2.45) is 5.41 Å². The van der Waals surface area contributed by atoms with E-state index in [4.69, 9.17) is 9.90 Å². The number of nitrogens with zero attached hydrogens (tertiary/aromatic N) is 1. The van der Waals surface area contributed by atoms with Crippen LogP contribution in [-0.2, 0) is 11.2 Å².